The Morgan fingerprint density at radius 1 is 0.968 bits per heavy atom. The van der Waals surface area contributed by atoms with Crippen molar-refractivity contribution < 1.29 is 17.6 Å². The molecule has 1 saturated heterocycles. The molecule has 7 heteroatoms. The lowest BCUT2D eigenvalue weighted by molar-refractivity contribution is 0.340. The highest BCUT2D eigenvalue weighted by atomic mass is 32.2. The first-order chi connectivity index (χ1) is 15.1. The third-order valence-corrected chi connectivity index (χ3v) is 7.08. The Hall–Kier alpha value is -2.80. The van der Waals surface area contributed by atoms with Crippen LogP contribution in [0.15, 0.2) is 68.9 Å². The summed E-state index contributed by atoms with van der Waals surface area (Å²) in [6.07, 6.45) is 4.75. The molecule has 0 saturated carbocycles. The molecule has 1 fully saturated rings. The van der Waals surface area contributed by atoms with Gasteiger partial charge in [-0.2, -0.15) is 4.98 Å². The summed E-state index contributed by atoms with van der Waals surface area (Å²) in [5, 5.41) is 0.00416. The highest BCUT2D eigenvalue weighted by Gasteiger charge is 2.31. The minimum absolute atomic E-state index is 0.00416. The molecule has 0 radical (unpaired) electrons. The normalized spacial score (nSPS) is 14.9. The molecule has 0 spiro atoms. The van der Waals surface area contributed by atoms with Gasteiger partial charge in [-0.05, 0) is 49.6 Å². The number of anilines is 1. The maximum atomic E-state index is 13.5. The Kier molecular flexibility index (Phi) is 6.61. The van der Waals surface area contributed by atoms with Gasteiger partial charge in [0.25, 0.3) is 0 Å². The summed E-state index contributed by atoms with van der Waals surface area (Å²) in [4.78, 5) is 6.71. The second-order valence-electron chi connectivity index (χ2n) is 7.69. The van der Waals surface area contributed by atoms with Crippen LogP contribution in [0, 0.1) is 0 Å². The van der Waals surface area contributed by atoms with Crippen LogP contribution in [0.25, 0.3) is 0 Å². The van der Waals surface area contributed by atoms with E-state index in [2.05, 4.69) is 4.98 Å². The molecule has 3 aromatic rings. The van der Waals surface area contributed by atoms with E-state index < -0.39 is 9.84 Å². The van der Waals surface area contributed by atoms with Crippen LogP contribution in [0.4, 0.5) is 5.88 Å². The fraction of sp³-hybridized carbons (Fsp3) is 0.375. The minimum atomic E-state index is -3.84. The molecule has 0 aliphatic carbocycles. The van der Waals surface area contributed by atoms with Crippen LogP contribution in [0.3, 0.4) is 0 Å². The molecule has 0 unspecified atom stereocenters. The van der Waals surface area contributed by atoms with Crippen LogP contribution >= 0.6 is 0 Å². The fourth-order valence-corrected chi connectivity index (χ4v) is 5.17. The standard InChI is InChI=1S/C24H28N2O4S/c1-2-29-20-12-14-21(15-13-20)31(27,28)23-24(26-16-8-3-4-9-17-26)30-22(25-23)18-19-10-6-5-7-11-19/h5-7,10-15H,2-4,8-9,16-18H2,1H3. The van der Waals surface area contributed by atoms with Gasteiger partial charge in [-0.1, -0.05) is 43.2 Å². The second-order valence-corrected chi connectivity index (χ2v) is 9.55. The first kappa shape index (κ1) is 21.4. The summed E-state index contributed by atoms with van der Waals surface area (Å²) in [5.41, 5.74) is 1.02. The molecule has 6 nitrogen and oxygen atoms in total. The van der Waals surface area contributed by atoms with Gasteiger partial charge in [0.05, 0.1) is 11.5 Å². The number of aromatic nitrogens is 1. The molecule has 1 aromatic heterocycles. The van der Waals surface area contributed by atoms with Crippen LogP contribution in [0.5, 0.6) is 5.75 Å². The van der Waals surface area contributed by atoms with E-state index in [1.807, 2.05) is 42.2 Å². The molecule has 4 rings (SSSR count). The van der Waals surface area contributed by atoms with Crippen molar-refractivity contribution in [3.8, 4) is 5.75 Å². The lowest BCUT2D eigenvalue weighted by Gasteiger charge is -2.20. The molecule has 1 aliphatic rings. The van der Waals surface area contributed by atoms with Crippen LogP contribution in [0.1, 0.15) is 44.1 Å². The number of nitrogens with zero attached hydrogens (tertiary/aromatic N) is 2. The molecule has 164 valence electrons. The Morgan fingerprint density at radius 3 is 2.29 bits per heavy atom. The number of rotatable bonds is 7. The summed E-state index contributed by atoms with van der Waals surface area (Å²) < 4.78 is 38.6. The van der Waals surface area contributed by atoms with E-state index in [0.29, 0.717) is 30.6 Å². The van der Waals surface area contributed by atoms with Gasteiger partial charge in [0.1, 0.15) is 5.75 Å². The second kappa shape index (κ2) is 9.56. The van der Waals surface area contributed by atoms with Crippen molar-refractivity contribution in [3.05, 3.63) is 66.1 Å². The Bertz CT molecular complexity index is 1080. The summed E-state index contributed by atoms with van der Waals surface area (Å²) in [6.45, 7) is 3.96. The van der Waals surface area contributed by atoms with Crippen molar-refractivity contribution in [2.75, 3.05) is 24.6 Å². The Morgan fingerprint density at radius 2 is 1.65 bits per heavy atom. The number of hydrogen-bond acceptors (Lipinski definition) is 6. The van der Waals surface area contributed by atoms with Gasteiger partial charge >= 0.3 is 0 Å². The highest BCUT2D eigenvalue weighted by molar-refractivity contribution is 7.91. The van der Waals surface area contributed by atoms with Gasteiger partial charge in [0.2, 0.25) is 26.6 Å². The quantitative estimate of drug-likeness (QED) is 0.522. The maximum absolute atomic E-state index is 13.5. The van der Waals surface area contributed by atoms with Crippen LogP contribution < -0.4 is 9.64 Å². The van der Waals surface area contributed by atoms with Gasteiger partial charge in [-0.3, -0.25) is 0 Å². The topological polar surface area (TPSA) is 72.6 Å². The van der Waals surface area contributed by atoms with E-state index in [4.69, 9.17) is 9.15 Å². The minimum Gasteiger partial charge on any atom is -0.494 e. The van der Waals surface area contributed by atoms with Crippen LogP contribution in [0.2, 0.25) is 0 Å². The fourth-order valence-electron chi connectivity index (χ4n) is 3.83. The average molecular weight is 441 g/mol. The first-order valence-electron chi connectivity index (χ1n) is 10.8. The zero-order chi connectivity index (χ0) is 21.7. The van der Waals surface area contributed by atoms with Crippen molar-refractivity contribution in [2.45, 2.75) is 48.9 Å². The average Bonchev–Trinajstić information content (AvgIpc) is 3.02. The molecule has 0 N–H and O–H groups in total. The van der Waals surface area contributed by atoms with Crippen molar-refractivity contribution in [1.82, 2.24) is 4.98 Å². The van der Waals surface area contributed by atoms with E-state index in [-0.39, 0.29) is 9.92 Å². The van der Waals surface area contributed by atoms with Gasteiger partial charge in [0, 0.05) is 19.5 Å². The van der Waals surface area contributed by atoms with E-state index in [1.54, 1.807) is 24.3 Å². The van der Waals surface area contributed by atoms with Crippen molar-refractivity contribution >= 4 is 15.7 Å². The van der Waals surface area contributed by atoms with Crippen LogP contribution in [-0.2, 0) is 16.3 Å². The lowest BCUT2D eigenvalue weighted by Crippen LogP contribution is -2.25. The van der Waals surface area contributed by atoms with Crippen molar-refractivity contribution in [1.29, 1.82) is 0 Å². The summed E-state index contributed by atoms with van der Waals surface area (Å²) in [5.74, 6) is 1.41. The SMILES string of the molecule is CCOc1ccc(S(=O)(=O)c2nc(Cc3ccccc3)oc2N2CCCCCC2)cc1. The smallest absolute Gasteiger partial charge is 0.236 e. The molecular weight excluding hydrogens is 412 g/mol. The molecule has 1 aliphatic heterocycles. The van der Waals surface area contributed by atoms with Crippen molar-refractivity contribution in [3.63, 3.8) is 0 Å². The number of benzene rings is 2. The molecule has 31 heavy (non-hydrogen) atoms. The maximum Gasteiger partial charge on any atom is 0.236 e. The van der Waals surface area contributed by atoms with Crippen molar-refractivity contribution in [2.24, 2.45) is 0 Å². The largest absolute Gasteiger partial charge is 0.494 e. The summed E-state index contributed by atoms with van der Waals surface area (Å²) >= 11 is 0. The monoisotopic (exact) mass is 440 g/mol. The molecule has 2 heterocycles. The zero-order valence-electron chi connectivity index (χ0n) is 17.8. The number of oxazole rings is 1. The van der Waals surface area contributed by atoms with Gasteiger partial charge < -0.3 is 14.1 Å². The Labute approximate surface area is 183 Å². The molecular formula is C24H28N2O4S. The third-order valence-electron chi connectivity index (χ3n) is 5.41. The summed E-state index contributed by atoms with van der Waals surface area (Å²) in [6, 6.07) is 16.3. The van der Waals surface area contributed by atoms with Crippen LogP contribution in [-0.4, -0.2) is 33.1 Å². The predicted octanol–water partition coefficient (Wildman–Crippen LogP) is 4.88. The van der Waals surface area contributed by atoms with E-state index in [0.717, 1.165) is 44.3 Å². The third kappa shape index (κ3) is 4.93. The number of sulfone groups is 1. The first-order valence-corrected chi connectivity index (χ1v) is 12.3. The molecule has 0 atom stereocenters. The molecule has 0 amide bonds. The van der Waals surface area contributed by atoms with Gasteiger partial charge in [-0.15, -0.1) is 0 Å². The lowest BCUT2D eigenvalue weighted by atomic mass is 10.2. The van der Waals surface area contributed by atoms with E-state index in [1.165, 1.54) is 0 Å². The Balaban J connectivity index is 1.72. The summed E-state index contributed by atoms with van der Waals surface area (Å²) in [7, 11) is -3.84. The molecule has 0 bridgehead atoms. The van der Waals surface area contributed by atoms with E-state index in [9.17, 15) is 8.42 Å². The predicted molar refractivity (Wildman–Crippen MR) is 119 cm³/mol. The number of hydrogen-bond donors (Lipinski definition) is 0. The number of ether oxygens (including phenoxy) is 1. The molecule has 2 aromatic carbocycles. The van der Waals surface area contributed by atoms with Gasteiger partial charge in [0.15, 0.2) is 0 Å². The highest BCUT2D eigenvalue weighted by Crippen LogP contribution is 2.33. The van der Waals surface area contributed by atoms with Gasteiger partial charge in [-0.25, -0.2) is 8.42 Å². The zero-order valence-corrected chi connectivity index (χ0v) is 18.6. The van der Waals surface area contributed by atoms with E-state index >= 15 is 0 Å².